The van der Waals surface area contributed by atoms with Crippen LogP contribution in [0.3, 0.4) is 0 Å². The van der Waals surface area contributed by atoms with Gasteiger partial charge in [-0.3, -0.25) is 0 Å². The lowest BCUT2D eigenvalue weighted by molar-refractivity contribution is 0.669. The maximum absolute atomic E-state index is 6.34. The fraction of sp³-hybridized carbons (Fsp3) is 0. The van der Waals surface area contributed by atoms with Gasteiger partial charge in [-0.25, -0.2) is 4.98 Å². The third-order valence-electron chi connectivity index (χ3n) is 10.8. The zero-order valence-corrected chi connectivity index (χ0v) is 29.3. The van der Waals surface area contributed by atoms with Crippen LogP contribution in [0.25, 0.3) is 87.5 Å². The van der Waals surface area contributed by atoms with E-state index in [2.05, 4.69) is 187 Å². The lowest BCUT2D eigenvalue weighted by atomic mass is 9.97. The molecule has 0 bridgehead atoms. The Hall–Kier alpha value is -7.23. The highest BCUT2D eigenvalue weighted by Crippen LogP contribution is 2.40. The van der Waals surface area contributed by atoms with Crippen LogP contribution in [0.1, 0.15) is 0 Å². The molecule has 0 aliphatic carbocycles. The largest absolute Gasteiger partial charge is 0.454 e. The molecule has 0 aliphatic heterocycles. The minimum atomic E-state index is 0.791. The molecule has 0 N–H and O–H groups in total. The molecule has 9 aromatic carbocycles. The first-order chi connectivity index (χ1) is 26.7. The Kier molecular flexibility index (Phi) is 6.86. The number of rotatable bonds is 5. The molecule has 3 heteroatoms. The Morgan fingerprint density at radius 1 is 0.333 bits per heavy atom. The molecule has 0 atom stereocenters. The number of fused-ring (bicyclic) bond motifs is 8. The molecule has 0 fully saturated rings. The van der Waals surface area contributed by atoms with Gasteiger partial charge in [0.1, 0.15) is 11.1 Å². The second kappa shape index (κ2) is 12.2. The fourth-order valence-corrected chi connectivity index (χ4v) is 8.02. The van der Waals surface area contributed by atoms with Crippen LogP contribution in [0.5, 0.6) is 0 Å². The lowest BCUT2D eigenvalue weighted by Crippen LogP contribution is -2.09. The van der Waals surface area contributed by atoms with Crippen molar-refractivity contribution < 1.29 is 4.42 Å². The Balaban J connectivity index is 1.03. The van der Waals surface area contributed by atoms with Crippen molar-refractivity contribution in [1.82, 2.24) is 4.98 Å². The van der Waals surface area contributed by atoms with Gasteiger partial charge in [-0.15, -0.1) is 0 Å². The summed E-state index contributed by atoms with van der Waals surface area (Å²) in [5.41, 5.74) is 11.3. The van der Waals surface area contributed by atoms with Crippen molar-refractivity contribution in [2.75, 3.05) is 4.90 Å². The van der Waals surface area contributed by atoms with Crippen molar-refractivity contribution in [2.45, 2.75) is 0 Å². The average molecular weight is 689 g/mol. The van der Waals surface area contributed by atoms with Gasteiger partial charge in [-0.05, 0) is 121 Å². The van der Waals surface area contributed by atoms with E-state index < -0.39 is 0 Å². The number of nitrogens with zero attached hydrogens (tertiary/aromatic N) is 2. The number of anilines is 3. The molecule has 11 rings (SSSR count). The second-order valence-corrected chi connectivity index (χ2v) is 14.0. The van der Waals surface area contributed by atoms with E-state index in [1.54, 1.807) is 0 Å². The van der Waals surface area contributed by atoms with Gasteiger partial charge in [0.2, 0.25) is 0 Å². The van der Waals surface area contributed by atoms with Gasteiger partial charge in [0.15, 0.2) is 5.58 Å². The van der Waals surface area contributed by atoms with E-state index in [0.717, 1.165) is 50.0 Å². The minimum Gasteiger partial charge on any atom is -0.454 e. The molecule has 2 aromatic heterocycles. The Morgan fingerprint density at radius 3 is 1.65 bits per heavy atom. The number of hydrogen-bond acceptors (Lipinski definition) is 3. The van der Waals surface area contributed by atoms with Crippen molar-refractivity contribution in [3.05, 3.63) is 194 Å². The van der Waals surface area contributed by atoms with E-state index >= 15 is 0 Å². The van der Waals surface area contributed by atoms with Gasteiger partial charge in [0.25, 0.3) is 0 Å². The van der Waals surface area contributed by atoms with Crippen LogP contribution < -0.4 is 4.90 Å². The quantitative estimate of drug-likeness (QED) is 0.169. The van der Waals surface area contributed by atoms with E-state index in [-0.39, 0.29) is 0 Å². The molecule has 3 nitrogen and oxygen atoms in total. The maximum Gasteiger partial charge on any atom is 0.154 e. The maximum atomic E-state index is 6.34. The van der Waals surface area contributed by atoms with Crippen LogP contribution >= 0.6 is 0 Å². The van der Waals surface area contributed by atoms with Crippen molar-refractivity contribution in [3.8, 4) is 22.3 Å². The summed E-state index contributed by atoms with van der Waals surface area (Å²) >= 11 is 0. The number of aromatic nitrogens is 1. The molecule has 0 radical (unpaired) electrons. The first-order valence-electron chi connectivity index (χ1n) is 18.4. The SMILES string of the molecule is c1ccc2cc(-c3ccc(N(c4ccc(-c5ccc6ccc7ccccc7c6c5)cc4)c4ccc5oc6cc7ccccc7nc6c5c4)cc3)ccc2c1. The number of hydrogen-bond donors (Lipinski definition) is 0. The fourth-order valence-electron chi connectivity index (χ4n) is 8.02. The zero-order chi connectivity index (χ0) is 35.6. The standard InChI is InChI=1S/C51H32N2O/c1-2-9-38-29-39(17-13-33(38)7-1)34-19-23-42(24-20-34)53(44-27-28-49-47(32-44)51-50(54-49)31-41-10-4-6-12-48(41)52-51)43-25-21-35(22-26-43)40-18-16-37-15-14-36-8-3-5-11-45(36)46(37)30-40/h1-32H. The number of pyridine rings is 1. The van der Waals surface area contributed by atoms with Crippen LogP contribution in [0.2, 0.25) is 0 Å². The summed E-state index contributed by atoms with van der Waals surface area (Å²) in [5, 5.41) is 9.59. The van der Waals surface area contributed by atoms with Gasteiger partial charge in [-0.2, -0.15) is 0 Å². The van der Waals surface area contributed by atoms with E-state index in [4.69, 9.17) is 9.40 Å². The Labute approximate surface area is 312 Å². The molecule has 252 valence electrons. The third-order valence-corrected chi connectivity index (χ3v) is 10.8. The molecular formula is C51H32N2O. The molecule has 11 aromatic rings. The molecule has 0 saturated heterocycles. The summed E-state index contributed by atoms with van der Waals surface area (Å²) < 4.78 is 6.34. The van der Waals surface area contributed by atoms with Gasteiger partial charge in [0.05, 0.1) is 5.52 Å². The highest BCUT2D eigenvalue weighted by atomic mass is 16.3. The van der Waals surface area contributed by atoms with Gasteiger partial charge in [-0.1, -0.05) is 127 Å². The van der Waals surface area contributed by atoms with Gasteiger partial charge in [0, 0.05) is 27.8 Å². The summed E-state index contributed by atoms with van der Waals surface area (Å²) in [6, 6.07) is 69.5. The Bertz CT molecular complexity index is 3210. The molecule has 0 saturated carbocycles. The van der Waals surface area contributed by atoms with Gasteiger partial charge < -0.3 is 9.32 Å². The average Bonchev–Trinajstić information content (AvgIpc) is 3.59. The van der Waals surface area contributed by atoms with Crippen LogP contribution in [0, 0.1) is 0 Å². The predicted octanol–water partition coefficient (Wildman–Crippen LogP) is 14.4. The molecular weight excluding hydrogens is 657 g/mol. The molecule has 54 heavy (non-hydrogen) atoms. The lowest BCUT2D eigenvalue weighted by Gasteiger charge is -2.26. The smallest absolute Gasteiger partial charge is 0.154 e. The van der Waals surface area contributed by atoms with Crippen LogP contribution in [0.15, 0.2) is 199 Å². The van der Waals surface area contributed by atoms with Crippen LogP contribution in [-0.4, -0.2) is 4.98 Å². The number of para-hydroxylation sites is 1. The summed E-state index contributed by atoms with van der Waals surface area (Å²) in [4.78, 5) is 7.37. The highest BCUT2D eigenvalue weighted by Gasteiger charge is 2.17. The van der Waals surface area contributed by atoms with E-state index in [1.807, 2.05) is 12.1 Å². The summed E-state index contributed by atoms with van der Waals surface area (Å²) in [7, 11) is 0. The van der Waals surface area contributed by atoms with Crippen molar-refractivity contribution in [3.63, 3.8) is 0 Å². The number of benzene rings is 9. The van der Waals surface area contributed by atoms with E-state index in [1.165, 1.54) is 54.6 Å². The zero-order valence-electron chi connectivity index (χ0n) is 29.3. The van der Waals surface area contributed by atoms with Crippen LogP contribution in [0.4, 0.5) is 17.1 Å². The highest BCUT2D eigenvalue weighted by molar-refractivity contribution is 6.09. The number of furan rings is 1. The molecule has 2 heterocycles. The molecule has 0 spiro atoms. The second-order valence-electron chi connectivity index (χ2n) is 14.0. The van der Waals surface area contributed by atoms with Crippen LogP contribution in [-0.2, 0) is 0 Å². The monoisotopic (exact) mass is 688 g/mol. The predicted molar refractivity (Wildman–Crippen MR) is 227 cm³/mol. The Morgan fingerprint density at radius 2 is 0.889 bits per heavy atom. The molecule has 0 unspecified atom stereocenters. The summed E-state index contributed by atoms with van der Waals surface area (Å²) in [5.74, 6) is 0. The third kappa shape index (κ3) is 5.09. The van der Waals surface area contributed by atoms with Crippen molar-refractivity contribution in [2.24, 2.45) is 0 Å². The normalized spacial score (nSPS) is 11.7. The minimum absolute atomic E-state index is 0.791. The van der Waals surface area contributed by atoms with Crippen molar-refractivity contribution >= 4 is 82.4 Å². The van der Waals surface area contributed by atoms with E-state index in [0.29, 0.717) is 0 Å². The first kappa shape index (κ1) is 30.4. The summed E-state index contributed by atoms with van der Waals surface area (Å²) in [6.45, 7) is 0. The molecule has 0 amide bonds. The molecule has 0 aliphatic rings. The summed E-state index contributed by atoms with van der Waals surface area (Å²) in [6.07, 6.45) is 0. The van der Waals surface area contributed by atoms with Gasteiger partial charge >= 0.3 is 0 Å². The topological polar surface area (TPSA) is 29.3 Å². The first-order valence-corrected chi connectivity index (χ1v) is 18.4. The van der Waals surface area contributed by atoms with E-state index in [9.17, 15) is 0 Å². The van der Waals surface area contributed by atoms with Crippen molar-refractivity contribution in [1.29, 1.82) is 0 Å².